The van der Waals surface area contributed by atoms with E-state index in [-0.39, 0.29) is 18.2 Å². The smallest absolute Gasteiger partial charge is 0.279 e. The highest BCUT2D eigenvalue weighted by atomic mass is 32.1. The Kier molecular flexibility index (Phi) is 5.71. The number of hydrazine groups is 1. The number of rotatable bonds is 4. The number of aryl methyl sites for hydroxylation is 2. The Morgan fingerprint density at radius 1 is 1.12 bits per heavy atom. The molecule has 1 aliphatic carbocycles. The second-order valence-corrected chi connectivity index (χ2v) is 7.29. The van der Waals surface area contributed by atoms with E-state index in [9.17, 15) is 9.59 Å². The summed E-state index contributed by atoms with van der Waals surface area (Å²) in [5.41, 5.74) is 7.12. The molecule has 0 unspecified atom stereocenters. The van der Waals surface area contributed by atoms with Gasteiger partial charge in [-0.3, -0.25) is 20.4 Å². The molecule has 3 rings (SSSR count). The third-order valence-electron chi connectivity index (χ3n) is 4.28. The van der Waals surface area contributed by atoms with Crippen LogP contribution >= 0.6 is 11.3 Å². The Bertz CT molecular complexity index is 746. The standard InChI is InChI=1S/C19H22N2O3S/c1-24-15-8-5-6-13(10-15)11-18(22)20-21-19(23)17-12-14-7-3-2-4-9-16(14)25-17/h5-6,8,10,12H,2-4,7,9,11H2,1H3,(H,20,22)(H,21,23). The minimum atomic E-state index is -0.264. The number of nitrogens with one attached hydrogen (secondary N) is 2. The van der Waals surface area contributed by atoms with Crippen LogP contribution in [0.5, 0.6) is 5.75 Å². The van der Waals surface area contributed by atoms with Crippen LogP contribution in [0.4, 0.5) is 0 Å². The zero-order chi connectivity index (χ0) is 17.6. The molecule has 2 aromatic rings. The number of carbonyl (C=O) groups is 2. The molecule has 25 heavy (non-hydrogen) atoms. The number of hydrogen-bond donors (Lipinski definition) is 2. The largest absolute Gasteiger partial charge is 0.497 e. The van der Waals surface area contributed by atoms with E-state index in [2.05, 4.69) is 10.9 Å². The first-order valence-electron chi connectivity index (χ1n) is 8.49. The van der Waals surface area contributed by atoms with Gasteiger partial charge in [0.1, 0.15) is 5.75 Å². The van der Waals surface area contributed by atoms with Crippen LogP contribution in [0.25, 0.3) is 0 Å². The number of benzene rings is 1. The Balaban J connectivity index is 1.54. The van der Waals surface area contributed by atoms with Crippen molar-refractivity contribution in [1.29, 1.82) is 0 Å². The maximum atomic E-state index is 12.3. The van der Waals surface area contributed by atoms with Gasteiger partial charge in [0.2, 0.25) is 5.91 Å². The number of hydrogen-bond acceptors (Lipinski definition) is 4. The van der Waals surface area contributed by atoms with Crippen LogP contribution in [0.2, 0.25) is 0 Å². The fourth-order valence-electron chi connectivity index (χ4n) is 2.98. The Hall–Kier alpha value is -2.34. The molecule has 0 saturated heterocycles. The molecule has 1 heterocycles. The zero-order valence-corrected chi connectivity index (χ0v) is 15.1. The first-order chi connectivity index (χ1) is 12.2. The van der Waals surface area contributed by atoms with Crippen molar-refractivity contribution < 1.29 is 14.3 Å². The lowest BCUT2D eigenvalue weighted by atomic mass is 10.1. The van der Waals surface area contributed by atoms with Gasteiger partial charge in [0.05, 0.1) is 18.4 Å². The van der Waals surface area contributed by atoms with Crippen molar-refractivity contribution in [3.8, 4) is 5.75 Å². The number of fused-ring (bicyclic) bond motifs is 1. The van der Waals surface area contributed by atoms with Crippen molar-refractivity contribution in [1.82, 2.24) is 10.9 Å². The van der Waals surface area contributed by atoms with Gasteiger partial charge >= 0.3 is 0 Å². The number of amides is 2. The molecular weight excluding hydrogens is 336 g/mol. The molecule has 1 aromatic heterocycles. The maximum absolute atomic E-state index is 12.3. The van der Waals surface area contributed by atoms with Gasteiger partial charge in [-0.05, 0) is 55.0 Å². The molecule has 1 aromatic carbocycles. The summed E-state index contributed by atoms with van der Waals surface area (Å²) < 4.78 is 5.14. The summed E-state index contributed by atoms with van der Waals surface area (Å²) >= 11 is 1.54. The highest BCUT2D eigenvalue weighted by Crippen LogP contribution is 2.28. The molecule has 0 saturated carbocycles. The van der Waals surface area contributed by atoms with E-state index in [0.717, 1.165) is 18.4 Å². The van der Waals surface area contributed by atoms with Crippen molar-refractivity contribution in [3.63, 3.8) is 0 Å². The highest BCUT2D eigenvalue weighted by Gasteiger charge is 2.17. The van der Waals surface area contributed by atoms with Crippen LogP contribution < -0.4 is 15.6 Å². The Morgan fingerprint density at radius 2 is 1.96 bits per heavy atom. The topological polar surface area (TPSA) is 67.4 Å². The first-order valence-corrected chi connectivity index (χ1v) is 9.31. The number of ether oxygens (including phenoxy) is 1. The van der Waals surface area contributed by atoms with Gasteiger partial charge in [0.15, 0.2) is 0 Å². The van der Waals surface area contributed by atoms with Crippen LogP contribution in [0.3, 0.4) is 0 Å². The second kappa shape index (κ2) is 8.16. The lowest BCUT2D eigenvalue weighted by molar-refractivity contribution is -0.121. The molecule has 2 amide bonds. The maximum Gasteiger partial charge on any atom is 0.279 e. The third kappa shape index (κ3) is 4.60. The van der Waals surface area contributed by atoms with E-state index in [4.69, 9.17) is 4.74 Å². The zero-order valence-electron chi connectivity index (χ0n) is 14.3. The summed E-state index contributed by atoms with van der Waals surface area (Å²) in [6.45, 7) is 0. The van der Waals surface area contributed by atoms with Crippen molar-refractivity contribution in [3.05, 3.63) is 51.2 Å². The predicted octanol–water partition coefficient (Wildman–Crippen LogP) is 3.03. The fraction of sp³-hybridized carbons (Fsp3) is 0.368. The second-order valence-electron chi connectivity index (χ2n) is 6.15. The average Bonchev–Trinajstić information content (AvgIpc) is 2.90. The highest BCUT2D eigenvalue weighted by molar-refractivity contribution is 7.14. The molecular formula is C19H22N2O3S. The van der Waals surface area contributed by atoms with E-state index in [0.29, 0.717) is 10.6 Å². The van der Waals surface area contributed by atoms with Gasteiger partial charge in [-0.2, -0.15) is 0 Å². The van der Waals surface area contributed by atoms with E-state index in [1.54, 1.807) is 13.2 Å². The summed E-state index contributed by atoms with van der Waals surface area (Å²) in [5.74, 6) is 0.186. The monoisotopic (exact) mass is 358 g/mol. The van der Waals surface area contributed by atoms with Gasteiger partial charge in [0.25, 0.3) is 5.91 Å². The van der Waals surface area contributed by atoms with Crippen molar-refractivity contribution in [2.24, 2.45) is 0 Å². The minimum Gasteiger partial charge on any atom is -0.497 e. The lowest BCUT2D eigenvalue weighted by Crippen LogP contribution is -2.42. The van der Waals surface area contributed by atoms with Crippen LogP contribution in [0.15, 0.2) is 30.3 Å². The summed E-state index contributed by atoms with van der Waals surface area (Å²) in [5, 5.41) is 0. The van der Waals surface area contributed by atoms with E-state index in [1.165, 1.54) is 41.0 Å². The van der Waals surface area contributed by atoms with Gasteiger partial charge < -0.3 is 4.74 Å². The molecule has 132 valence electrons. The van der Waals surface area contributed by atoms with Gasteiger partial charge in [-0.15, -0.1) is 11.3 Å². The van der Waals surface area contributed by atoms with Crippen molar-refractivity contribution in [2.75, 3.05) is 7.11 Å². The van der Waals surface area contributed by atoms with Crippen molar-refractivity contribution in [2.45, 2.75) is 38.5 Å². The number of thiophene rings is 1. The molecule has 6 heteroatoms. The van der Waals surface area contributed by atoms with Crippen LogP contribution in [0.1, 0.15) is 44.9 Å². The molecule has 0 bridgehead atoms. The summed E-state index contributed by atoms with van der Waals surface area (Å²) in [7, 11) is 1.59. The minimum absolute atomic E-state index is 0.179. The van der Waals surface area contributed by atoms with Gasteiger partial charge in [-0.1, -0.05) is 18.6 Å². The summed E-state index contributed by atoms with van der Waals surface area (Å²) in [4.78, 5) is 26.3. The molecule has 0 spiro atoms. The molecule has 5 nitrogen and oxygen atoms in total. The number of methoxy groups -OCH3 is 1. The van der Waals surface area contributed by atoms with Gasteiger partial charge in [0, 0.05) is 4.88 Å². The molecule has 2 N–H and O–H groups in total. The molecule has 0 fully saturated rings. The molecule has 0 radical (unpaired) electrons. The summed E-state index contributed by atoms with van der Waals surface area (Å²) in [6.07, 6.45) is 5.90. The lowest BCUT2D eigenvalue weighted by Gasteiger charge is -2.07. The average molecular weight is 358 g/mol. The molecule has 0 atom stereocenters. The van der Waals surface area contributed by atoms with Gasteiger partial charge in [-0.25, -0.2) is 0 Å². The predicted molar refractivity (Wildman–Crippen MR) is 97.9 cm³/mol. The van der Waals surface area contributed by atoms with E-state index >= 15 is 0 Å². The third-order valence-corrected chi connectivity index (χ3v) is 5.52. The Labute approximate surface area is 151 Å². The normalized spacial score (nSPS) is 13.5. The Morgan fingerprint density at radius 3 is 2.80 bits per heavy atom. The quantitative estimate of drug-likeness (QED) is 0.652. The first kappa shape index (κ1) is 17.5. The van der Waals surface area contributed by atoms with E-state index < -0.39 is 0 Å². The molecule has 1 aliphatic rings. The van der Waals surface area contributed by atoms with Crippen LogP contribution in [0, 0.1) is 0 Å². The molecule has 0 aliphatic heterocycles. The number of carbonyl (C=O) groups excluding carboxylic acids is 2. The van der Waals surface area contributed by atoms with Crippen LogP contribution in [-0.2, 0) is 24.1 Å². The fourth-order valence-corrected chi connectivity index (χ4v) is 4.13. The van der Waals surface area contributed by atoms with E-state index in [1.807, 2.05) is 24.3 Å². The van der Waals surface area contributed by atoms with Crippen LogP contribution in [-0.4, -0.2) is 18.9 Å². The summed E-state index contributed by atoms with van der Waals surface area (Å²) in [6, 6.07) is 9.27. The SMILES string of the molecule is COc1cccc(CC(=O)NNC(=O)c2cc3c(s2)CCCCC3)c1. The van der Waals surface area contributed by atoms with Crippen molar-refractivity contribution >= 4 is 23.2 Å².